The van der Waals surface area contributed by atoms with Crippen LogP contribution in [0.3, 0.4) is 0 Å². The van der Waals surface area contributed by atoms with E-state index in [1.54, 1.807) is 0 Å². The molecule has 0 aliphatic heterocycles. The molecule has 8 nitrogen and oxygen atoms in total. The first-order valence-corrected chi connectivity index (χ1v) is 11.0. The van der Waals surface area contributed by atoms with E-state index in [2.05, 4.69) is 10.2 Å². The third-order valence-corrected chi connectivity index (χ3v) is 6.12. The van der Waals surface area contributed by atoms with Crippen molar-refractivity contribution in [2.75, 3.05) is 16.3 Å². The molecule has 1 aromatic carbocycles. The molecule has 0 atom stereocenters. The highest BCUT2D eigenvalue weighted by Crippen LogP contribution is 2.36. The minimum absolute atomic E-state index is 0.00991. The highest BCUT2D eigenvalue weighted by molar-refractivity contribution is 7.92. The first kappa shape index (κ1) is 19.7. The number of nitrogens with zero attached hydrogens (tertiary/aromatic N) is 3. The van der Waals surface area contributed by atoms with Gasteiger partial charge in [0.25, 0.3) is 0 Å². The highest BCUT2D eigenvalue weighted by Gasteiger charge is 2.27. The molecule has 0 aliphatic carbocycles. The van der Waals surface area contributed by atoms with Gasteiger partial charge >= 0.3 is 0 Å². The van der Waals surface area contributed by atoms with Crippen LogP contribution in [0.2, 0.25) is 10.0 Å². The Kier molecular flexibility index (Phi) is 5.47. The van der Waals surface area contributed by atoms with Gasteiger partial charge in [0, 0.05) is 16.1 Å². The third-order valence-electron chi connectivity index (χ3n) is 3.04. The first-order chi connectivity index (χ1) is 11.5. The van der Waals surface area contributed by atoms with E-state index in [1.807, 2.05) is 0 Å². The van der Waals surface area contributed by atoms with Crippen molar-refractivity contribution >= 4 is 54.6 Å². The fourth-order valence-electron chi connectivity index (χ4n) is 1.93. The van der Waals surface area contributed by atoms with E-state index in [9.17, 15) is 21.9 Å². The normalized spacial score (nSPS) is 12.2. The van der Waals surface area contributed by atoms with Crippen molar-refractivity contribution in [2.45, 2.75) is 11.9 Å². The molecule has 12 heteroatoms. The van der Waals surface area contributed by atoms with E-state index in [0.717, 1.165) is 12.3 Å². The maximum absolute atomic E-state index is 12.2. The van der Waals surface area contributed by atoms with Crippen LogP contribution >= 0.6 is 23.2 Å². The molecule has 136 valence electrons. The Morgan fingerprint density at radius 1 is 1.04 bits per heavy atom. The average molecular weight is 426 g/mol. The predicted octanol–water partition coefficient (Wildman–Crippen LogP) is 2.38. The standard InChI is InChI=1S/C13H13Cl2N3O5S2/c1-3-25(22,23)12-7-11(19)13(17-16-12)18(24(2,20)21)10-5-8(14)4-9(15)6-10/h4-7H,3H2,1-2H3,(H,16,19). The molecular weight excluding hydrogens is 413 g/mol. The molecule has 0 unspecified atom stereocenters. The number of rotatable bonds is 5. The van der Waals surface area contributed by atoms with E-state index < -0.39 is 36.5 Å². The molecule has 0 spiro atoms. The molecule has 2 rings (SSSR count). The topological polar surface area (TPSA) is 118 Å². The number of anilines is 2. The molecule has 1 N–H and O–H groups in total. The van der Waals surface area contributed by atoms with Crippen molar-refractivity contribution in [2.24, 2.45) is 0 Å². The van der Waals surface area contributed by atoms with Crippen molar-refractivity contribution in [3.63, 3.8) is 0 Å². The van der Waals surface area contributed by atoms with Gasteiger partial charge in [-0.15, -0.1) is 10.2 Å². The van der Waals surface area contributed by atoms with Gasteiger partial charge in [0.1, 0.15) is 0 Å². The molecule has 1 aromatic heterocycles. The van der Waals surface area contributed by atoms with E-state index in [1.165, 1.54) is 25.1 Å². The number of hydrogen-bond acceptors (Lipinski definition) is 7. The minimum atomic E-state index is -3.98. The largest absolute Gasteiger partial charge is 0.504 e. The average Bonchev–Trinajstić information content (AvgIpc) is 2.46. The second-order valence-corrected chi connectivity index (χ2v) is 9.88. The molecule has 25 heavy (non-hydrogen) atoms. The van der Waals surface area contributed by atoms with Crippen molar-refractivity contribution in [1.82, 2.24) is 10.2 Å². The second-order valence-electron chi connectivity index (χ2n) is 4.95. The van der Waals surface area contributed by atoms with Crippen molar-refractivity contribution in [3.8, 4) is 5.75 Å². The smallest absolute Gasteiger partial charge is 0.237 e. The van der Waals surface area contributed by atoms with Crippen molar-refractivity contribution < 1.29 is 21.9 Å². The zero-order valence-corrected chi connectivity index (χ0v) is 16.2. The van der Waals surface area contributed by atoms with Crippen LogP contribution in [0, 0.1) is 0 Å². The molecule has 2 aromatic rings. The van der Waals surface area contributed by atoms with Crippen LogP contribution in [-0.4, -0.2) is 44.1 Å². The number of benzene rings is 1. The van der Waals surface area contributed by atoms with Gasteiger partial charge in [0.05, 0.1) is 17.7 Å². The molecule has 0 saturated heterocycles. The lowest BCUT2D eigenvalue weighted by atomic mass is 10.3. The number of sulfonamides is 1. The number of hydrogen-bond donors (Lipinski definition) is 1. The maximum atomic E-state index is 12.2. The summed E-state index contributed by atoms with van der Waals surface area (Å²) in [5.41, 5.74) is 0.00991. The molecule has 0 bridgehead atoms. The zero-order chi connectivity index (χ0) is 19.0. The summed E-state index contributed by atoms with van der Waals surface area (Å²) in [6.07, 6.45) is 0.875. The Labute approximate surface area is 155 Å². The highest BCUT2D eigenvalue weighted by atomic mass is 35.5. The van der Waals surface area contributed by atoms with Crippen molar-refractivity contribution in [1.29, 1.82) is 0 Å². The summed E-state index contributed by atoms with van der Waals surface area (Å²) in [5, 5.41) is 17.1. The molecule has 0 saturated carbocycles. The maximum Gasteiger partial charge on any atom is 0.237 e. The third kappa shape index (κ3) is 4.32. The van der Waals surface area contributed by atoms with E-state index >= 15 is 0 Å². The van der Waals surface area contributed by atoms with Crippen LogP contribution in [0.5, 0.6) is 5.75 Å². The lowest BCUT2D eigenvalue weighted by Gasteiger charge is -2.22. The molecule has 0 amide bonds. The Balaban J connectivity index is 2.69. The van der Waals surface area contributed by atoms with Crippen molar-refractivity contribution in [3.05, 3.63) is 34.3 Å². The molecular formula is C13H13Cl2N3O5S2. The minimum Gasteiger partial charge on any atom is -0.504 e. The van der Waals surface area contributed by atoms with Crippen LogP contribution in [-0.2, 0) is 19.9 Å². The molecule has 1 heterocycles. The van der Waals surface area contributed by atoms with Gasteiger partial charge in [-0.05, 0) is 18.2 Å². The van der Waals surface area contributed by atoms with E-state index in [0.29, 0.717) is 4.31 Å². The van der Waals surface area contributed by atoms with Gasteiger partial charge in [-0.25, -0.2) is 21.1 Å². The van der Waals surface area contributed by atoms with Crippen LogP contribution in [0.4, 0.5) is 11.5 Å². The summed E-state index contributed by atoms with van der Waals surface area (Å²) in [6, 6.07) is 4.83. The summed E-state index contributed by atoms with van der Waals surface area (Å²) >= 11 is 11.8. The van der Waals surface area contributed by atoms with Crippen LogP contribution in [0.25, 0.3) is 0 Å². The van der Waals surface area contributed by atoms with Gasteiger partial charge in [0.15, 0.2) is 20.6 Å². The summed E-state index contributed by atoms with van der Waals surface area (Å²) in [7, 11) is -7.70. The Hall–Kier alpha value is -1.62. The summed E-state index contributed by atoms with van der Waals surface area (Å²) < 4.78 is 48.7. The molecule has 0 aliphatic rings. The van der Waals surface area contributed by atoms with Crippen LogP contribution < -0.4 is 4.31 Å². The lowest BCUT2D eigenvalue weighted by Crippen LogP contribution is -2.26. The summed E-state index contributed by atoms with van der Waals surface area (Å²) in [4.78, 5) is 0. The van der Waals surface area contributed by atoms with Gasteiger partial charge in [-0.1, -0.05) is 30.1 Å². The Bertz CT molecular complexity index is 1010. The van der Waals surface area contributed by atoms with Gasteiger partial charge < -0.3 is 5.11 Å². The fourth-order valence-corrected chi connectivity index (χ4v) is 4.13. The fraction of sp³-hybridized carbons (Fsp3) is 0.231. The zero-order valence-electron chi connectivity index (χ0n) is 13.0. The van der Waals surface area contributed by atoms with Gasteiger partial charge in [-0.3, -0.25) is 0 Å². The molecule has 0 fully saturated rings. The summed E-state index contributed by atoms with van der Waals surface area (Å²) in [6.45, 7) is 1.40. The van der Waals surface area contributed by atoms with E-state index in [-0.39, 0.29) is 21.5 Å². The summed E-state index contributed by atoms with van der Waals surface area (Å²) in [5.74, 6) is -1.40. The van der Waals surface area contributed by atoms with Gasteiger partial charge in [-0.2, -0.15) is 0 Å². The number of halogens is 2. The van der Waals surface area contributed by atoms with Crippen LogP contribution in [0.15, 0.2) is 29.3 Å². The predicted molar refractivity (Wildman–Crippen MR) is 94.9 cm³/mol. The SMILES string of the molecule is CCS(=O)(=O)c1cc(O)c(N(c2cc(Cl)cc(Cl)c2)S(C)(=O)=O)nn1. The number of sulfone groups is 1. The van der Waals surface area contributed by atoms with Crippen LogP contribution in [0.1, 0.15) is 6.92 Å². The first-order valence-electron chi connectivity index (χ1n) is 6.71. The lowest BCUT2D eigenvalue weighted by molar-refractivity contribution is 0.468. The number of aromatic nitrogens is 2. The monoisotopic (exact) mass is 425 g/mol. The quantitative estimate of drug-likeness (QED) is 0.780. The van der Waals surface area contributed by atoms with Gasteiger partial charge in [0.2, 0.25) is 15.8 Å². The second kappa shape index (κ2) is 6.94. The molecule has 0 radical (unpaired) electrons. The van der Waals surface area contributed by atoms with E-state index in [4.69, 9.17) is 23.2 Å². The Morgan fingerprint density at radius 3 is 2.04 bits per heavy atom. The Morgan fingerprint density at radius 2 is 1.60 bits per heavy atom. The number of aromatic hydroxyl groups is 1.